The third-order valence-electron chi connectivity index (χ3n) is 2.82. The Hall–Kier alpha value is -2.11. The molecule has 0 fully saturated rings. The first-order valence-electron chi connectivity index (χ1n) is 6.13. The van der Waals surface area contributed by atoms with E-state index in [-0.39, 0.29) is 17.6 Å². The van der Waals surface area contributed by atoms with Crippen molar-refractivity contribution in [3.63, 3.8) is 0 Å². The molecule has 0 N–H and O–H groups in total. The Morgan fingerprint density at radius 3 is 2.63 bits per heavy atom. The van der Waals surface area contributed by atoms with Crippen molar-refractivity contribution < 1.29 is 9.32 Å². The first kappa shape index (κ1) is 13.3. The van der Waals surface area contributed by atoms with Gasteiger partial charge < -0.3 is 4.52 Å². The van der Waals surface area contributed by atoms with Gasteiger partial charge in [0.15, 0.2) is 0 Å². The summed E-state index contributed by atoms with van der Waals surface area (Å²) in [5, 5.41) is 3.88. The molecule has 0 saturated heterocycles. The molecule has 6 heteroatoms. The molecule has 0 aromatic carbocycles. The van der Waals surface area contributed by atoms with Crippen LogP contribution in [-0.2, 0) is 4.79 Å². The number of carbonyl (C=O) groups is 1. The zero-order valence-electron chi connectivity index (χ0n) is 11.4. The third kappa shape index (κ3) is 2.83. The van der Waals surface area contributed by atoms with Crippen LogP contribution in [0.4, 0.5) is 0 Å². The van der Waals surface area contributed by atoms with Crippen LogP contribution in [0.5, 0.6) is 0 Å². The molecule has 0 bridgehead atoms. The highest BCUT2D eigenvalue weighted by atomic mass is 16.5. The maximum Gasteiger partial charge on any atom is 0.237 e. The molecule has 19 heavy (non-hydrogen) atoms. The van der Waals surface area contributed by atoms with Gasteiger partial charge in [0, 0.05) is 6.20 Å². The zero-order valence-corrected chi connectivity index (χ0v) is 11.4. The molecule has 1 unspecified atom stereocenters. The fourth-order valence-corrected chi connectivity index (χ4v) is 1.97. The molecule has 0 aliphatic rings. The number of Topliss-reactive ketones (excluding diaryl/α,β-unsaturated/α-hetero) is 1. The summed E-state index contributed by atoms with van der Waals surface area (Å²) in [7, 11) is 0. The van der Waals surface area contributed by atoms with Crippen molar-refractivity contribution in [2.75, 3.05) is 0 Å². The molecule has 1 atom stereocenters. The van der Waals surface area contributed by atoms with Crippen LogP contribution in [-0.4, -0.2) is 25.9 Å². The standard InChI is InChI=1S/C13H16N4O2/c1-7(2)11(8(3)18)13-16-12(17-19-13)10-5-6-14-9(4)15-10/h5-7,11H,1-4H3. The number of ketones is 1. The molecule has 100 valence electrons. The average Bonchev–Trinajstić information content (AvgIpc) is 2.77. The highest BCUT2D eigenvalue weighted by Crippen LogP contribution is 2.25. The van der Waals surface area contributed by atoms with Gasteiger partial charge >= 0.3 is 0 Å². The monoisotopic (exact) mass is 260 g/mol. The van der Waals surface area contributed by atoms with Crippen LogP contribution in [0.1, 0.15) is 38.4 Å². The number of aryl methyl sites for hydroxylation is 1. The first-order chi connectivity index (χ1) is 8.99. The lowest BCUT2D eigenvalue weighted by Gasteiger charge is -2.12. The second-order valence-electron chi connectivity index (χ2n) is 4.78. The number of carbonyl (C=O) groups excluding carboxylic acids is 1. The lowest BCUT2D eigenvalue weighted by molar-refractivity contribution is -0.119. The molecular weight excluding hydrogens is 244 g/mol. The van der Waals surface area contributed by atoms with Crippen molar-refractivity contribution in [3.05, 3.63) is 24.0 Å². The van der Waals surface area contributed by atoms with E-state index in [0.717, 1.165) is 0 Å². The topological polar surface area (TPSA) is 81.8 Å². The number of rotatable bonds is 4. The van der Waals surface area contributed by atoms with Crippen LogP contribution in [0.3, 0.4) is 0 Å². The van der Waals surface area contributed by atoms with Gasteiger partial charge in [-0.1, -0.05) is 19.0 Å². The van der Waals surface area contributed by atoms with Crippen LogP contribution >= 0.6 is 0 Å². The molecule has 2 aromatic rings. The van der Waals surface area contributed by atoms with E-state index < -0.39 is 0 Å². The van der Waals surface area contributed by atoms with E-state index in [9.17, 15) is 4.79 Å². The number of nitrogens with zero attached hydrogens (tertiary/aromatic N) is 4. The maximum atomic E-state index is 11.6. The highest BCUT2D eigenvalue weighted by Gasteiger charge is 2.27. The summed E-state index contributed by atoms with van der Waals surface area (Å²) in [6, 6.07) is 1.71. The maximum absolute atomic E-state index is 11.6. The van der Waals surface area contributed by atoms with Crippen molar-refractivity contribution >= 4 is 5.78 Å². The summed E-state index contributed by atoms with van der Waals surface area (Å²) in [5.41, 5.74) is 0.591. The molecule has 2 rings (SSSR count). The minimum absolute atomic E-state index is 0.0177. The summed E-state index contributed by atoms with van der Waals surface area (Å²) in [6.07, 6.45) is 1.64. The second kappa shape index (κ2) is 5.26. The Morgan fingerprint density at radius 1 is 1.32 bits per heavy atom. The minimum Gasteiger partial charge on any atom is -0.338 e. The Balaban J connectivity index is 2.35. The minimum atomic E-state index is -0.371. The van der Waals surface area contributed by atoms with Gasteiger partial charge in [0.25, 0.3) is 0 Å². The Bertz CT molecular complexity index is 592. The number of hydrogen-bond donors (Lipinski definition) is 0. The normalized spacial score (nSPS) is 12.7. The third-order valence-corrected chi connectivity index (χ3v) is 2.82. The van der Waals surface area contributed by atoms with Crippen LogP contribution in [0.15, 0.2) is 16.8 Å². The molecular formula is C13H16N4O2. The van der Waals surface area contributed by atoms with E-state index in [1.165, 1.54) is 6.92 Å². The first-order valence-corrected chi connectivity index (χ1v) is 6.13. The fraction of sp³-hybridized carbons (Fsp3) is 0.462. The smallest absolute Gasteiger partial charge is 0.237 e. The molecule has 0 saturated carbocycles. The zero-order chi connectivity index (χ0) is 14.0. The van der Waals surface area contributed by atoms with Crippen LogP contribution in [0.25, 0.3) is 11.5 Å². The van der Waals surface area contributed by atoms with Crippen molar-refractivity contribution in [1.82, 2.24) is 20.1 Å². The fourth-order valence-electron chi connectivity index (χ4n) is 1.97. The quantitative estimate of drug-likeness (QED) is 0.837. The van der Waals surface area contributed by atoms with Crippen LogP contribution in [0.2, 0.25) is 0 Å². The second-order valence-corrected chi connectivity index (χ2v) is 4.78. The molecule has 2 aromatic heterocycles. The molecule has 0 spiro atoms. The number of aromatic nitrogens is 4. The predicted molar refractivity (Wildman–Crippen MR) is 68.3 cm³/mol. The molecule has 0 aliphatic carbocycles. The van der Waals surface area contributed by atoms with Gasteiger partial charge in [-0.15, -0.1) is 0 Å². The summed E-state index contributed by atoms with van der Waals surface area (Å²) < 4.78 is 5.20. The summed E-state index contributed by atoms with van der Waals surface area (Å²) in [5.74, 6) is 1.11. The lowest BCUT2D eigenvalue weighted by Crippen LogP contribution is -2.15. The van der Waals surface area contributed by atoms with Crippen molar-refractivity contribution in [1.29, 1.82) is 0 Å². The molecule has 0 amide bonds. The van der Waals surface area contributed by atoms with E-state index in [4.69, 9.17) is 4.52 Å². The van der Waals surface area contributed by atoms with Gasteiger partial charge in [-0.2, -0.15) is 4.98 Å². The largest absolute Gasteiger partial charge is 0.338 e. The Morgan fingerprint density at radius 2 is 2.05 bits per heavy atom. The predicted octanol–water partition coefficient (Wildman–Crippen LogP) is 2.16. The Labute approximate surface area is 111 Å². The summed E-state index contributed by atoms with van der Waals surface area (Å²) in [4.78, 5) is 24.1. The SMILES string of the molecule is CC(=O)C(c1nc(-c2ccnc(C)n2)no1)C(C)C. The van der Waals surface area contributed by atoms with E-state index >= 15 is 0 Å². The molecule has 0 aliphatic heterocycles. The van der Waals surface area contributed by atoms with Crippen molar-refractivity contribution in [3.8, 4) is 11.5 Å². The van der Waals surface area contributed by atoms with Gasteiger partial charge in [-0.05, 0) is 25.8 Å². The van der Waals surface area contributed by atoms with Crippen molar-refractivity contribution in [2.24, 2.45) is 5.92 Å². The van der Waals surface area contributed by atoms with Gasteiger partial charge in [-0.3, -0.25) is 4.79 Å². The van der Waals surface area contributed by atoms with E-state index in [1.54, 1.807) is 19.2 Å². The van der Waals surface area contributed by atoms with Gasteiger partial charge in [0.1, 0.15) is 17.3 Å². The van der Waals surface area contributed by atoms with E-state index in [1.807, 2.05) is 13.8 Å². The van der Waals surface area contributed by atoms with Gasteiger partial charge in [-0.25, -0.2) is 9.97 Å². The van der Waals surface area contributed by atoms with Crippen molar-refractivity contribution in [2.45, 2.75) is 33.6 Å². The molecule has 2 heterocycles. The van der Waals surface area contributed by atoms with E-state index in [2.05, 4.69) is 20.1 Å². The molecule has 6 nitrogen and oxygen atoms in total. The average molecular weight is 260 g/mol. The Kier molecular flexibility index (Phi) is 3.69. The van der Waals surface area contributed by atoms with Gasteiger partial charge in [0.05, 0.1) is 5.92 Å². The molecule has 0 radical (unpaired) electrons. The van der Waals surface area contributed by atoms with Crippen LogP contribution in [0, 0.1) is 12.8 Å². The highest BCUT2D eigenvalue weighted by molar-refractivity contribution is 5.82. The summed E-state index contributed by atoms with van der Waals surface area (Å²) >= 11 is 0. The van der Waals surface area contributed by atoms with E-state index in [0.29, 0.717) is 23.2 Å². The van der Waals surface area contributed by atoms with Crippen LogP contribution < -0.4 is 0 Å². The lowest BCUT2D eigenvalue weighted by atomic mass is 9.92. The van der Waals surface area contributed by atoms with Gasteiger partial charge in [0.2, 0.25) is 11.7 Å². The number of hydrogen-bond acceptors (Lipinski definition) is 6. The summed E-state index contributed by atoms with van der Waals surface area (Å²) in [6.45, 7) is 7.22.